The molecule has 0 bridgehead atoms. The molecule has 0 N–H and O–H groups in total. The van der Waals surface area contributed by atoms with E-state index in [0.717, 1.165) is 38.9 Å². The van der Waals surface area contributed by atoms with Crippen molar-refractivity contribution in [1.82, 2.24) is 0 Å². The zero-order valence-electron chi connectivity index (χ0n) is 8.35. The monoisotopic (exact) mass is 206 g/mol. The van der Waals surface area contributed by atoms with Crippen molar-refractivity contribution < 1.29 is 9.53 Å². The molecule has 0 fully saturated rings. The summed E-state index contributed by atoms with van der Waals surface area (Å²) in [7, 11) is 0. The van der Waals surface area contributed by atoms with Gasteiger partial charge in [-0.05, 0) is 30.9 Å². The molecule has 0 amide bonds. The number of carbonyl (C=O) groups is 1. The number of ether oxygens (including phenoxy) is 1. The molecule has 0 rings (SSSR count). The smallest absolute Gasteiger partial charge is 0.221 e. The summed E-state index contributed by atoms with van der Waals surface area (Å²) in [6, 6.07) is 0. The lowest BCUT2D eigenvalue weighted by atomic mass is 10.2. The van der Waals surface area contributed by atoms with E-state index in [1.165, 1.54) is 6.42 Å². The predicted molar refractivity (Wildman–Crippen MR) is 55.1 cm³/mol. The average molecular weight is 207 g/mol. The maximum absolute atomic E-state index is 10.4. The minimum Gasteiger partial charge on any atom is -0.381 e. The van der Waals surface area contributed by atoms with Gasteiger partial charge in [0.1, 0.15) is 0 Å². The Kier molecular flexibility index (Phi) is 9.94. The summed E-state index contributed by atoms with van der Waals surface area (Å²) in [6.07, 6.45) is 5.77. The third-order valence-corrected chi connectivity index (χ3v) is 1.99. The quantitative estimate of drug-likeness (QED) is 0.428. The van der Waals surface area contributed by atoms with Gasteiger partial charge in [-0.3, -0.25) is 4.79 Å². The second-order valence-corrected chi connectivity index (χ2v) is 3.55. The molecule has 0 aliphatic carbocycles. The summed E-state index contributed by atoms with van der Waals surface area (Å²) in [5.74, 6) is 0. The van der Waals surface area contributed by atoms with Crippen LogP contribution in [0.2, 0.25) is 0 Å². The maximum Gasteiger partial charge on any atom is 0.221 e. The van der Waals surface area contributed by atoms with Crippen molar-refractivity contribution >= 4 is 16.8 Å². The Morgan fingerprint density at radius 1 is 1.15 bits per heavy atom. The van der Waals surface area contributed by atoms with Crippen LogP contribution in [0.1, 0.15) is 45.4 Å². The molecule has 0 saturated heterocycles. The highest BCUT2D eigenvalue weighted by Gasteiger charge is 1.95. The fourth-order valence-electron chi connectivity index (χ4n) is 0.993. The van der Waals surface area contributed by atoms with Crippen LogP contribution in [0.15, 0.2) is 0 Å². The summed E-state index contributed by atoms with van der Waals surface area (Å²) >= 11 is 5.19. The number of unbranched alkanes of at least 4 members (excludes halogenated alkanes) is 3. The minimum absolute atomic E-state index is 0.230. The van der Waals surface area contributed by atoms with Crippen LogP contribution >= 0.6 is 11.6 Å². The van der Waals surface area contributed by atoms with Gasteiger partial charge in [0.2, 0.25) is 5.24 Å². The Hall–Kier alpha value is -0.0800. The maximum atomic E-state index is 10.4. The zero-order chi connectivity index (χ0) is 9.94. The highest BCUT2D eigenvalue weighted by atomic mass is 35.5. The molecule has 78 valence electrons. The van der Waals surface area contributed by atoms with Crippen LogP contribution in [-0.2, 0) is 9.53 Å². The van der Waals surface area contributed by atoms with Gasteiger partial charge in [0, 0.05) is 19.6 Å². The van der Waals surface area contributed by atoms with Crippen molar-refractivity contribution in [2.24, 2.45) is 0 Å². The zero-order valence-corrected chi connectivity index (χ0v) is 9.11. The molecule has 0 unspecified atom stereocenters. The highest BCUT2D eigenvalue weighted by Crippen LogP contribution is 2.02. The Balaban J connectivity index is 2.87. The van der Waals surface area contributed by atoms with Crippen molar-refractivity contribution in [1.29, 1.82) is 0 Å². The molecule has 3 heteroatoms. The average Bonchev–Trinajstić information content (AvgIpc) is 2.09. The normalized spacial score (nSPS) is 10.3. The SMILES string of the molecule is CCCCOCCCCCC(=O)Cl. The van der Waals surface area contributed by atoms with Crippen LogP contribution in [0, 0.1) is 0 Å². The van der Waals surface area contributed by atoms with Gasteiger partial charge in [-0.15, -0.1) is 0 Å². The Morgan fingerprint density at radius 3 is 2.46 bits per heavy atom. The van der Waals surface area contributed by atoms with Crippen molar-refractivity contribution in [2.75, 3.05) is 13.2 Å². The van der Waals surface area contributed by atoms with Gasteiger partial charge >= 0.3 is 0 Å². The van der Waals surface area contributed by atoms with Crippen LogP contribution < -0.4 is 0 Å². The third-order valence-electron chi connectivity index (χ3n) is 1.80. The lowest BCUT2D eigenvalue weighted by Crippen LogP contribution is -1.96. The van der Waals surface area contributed by atoms with Gasteiger partial charge in [-0.2, -0.15) is 0 Å². The summed E-state index contributed by atoms with van der Waals surface area (Å²) < 4.78 is 5.36. The van der Waals surface area contributed by atoms with Crippen molar-refractivity contribution in [3.05, 3.63) is 0 Å². The topological polar surface area (TPSA) is 26.3 Å². The fourth-order valence-corrected chi connectivity index (χ4v) is 1.13. The van der Waals surface area contributed by atoms with E-state index in [0.29, 0.717) is 6.42 Å². The molecule has 0 atom stereocenters. The van der Waals surface area contributed by atoms with Gasteiger partial charge in [0.05, 0.1) is 0 Å². The molecule has 0 radical (unpaired) electrons. The van der Waals surface area contributed by atoms with Crippen LogP contribution in [0.25, 0.3) is 0 Å². The van der Waals surface area contributed by atoms with Crippen molar-refractivity contribution in [2.45, 2.75) is 45.4 Å². The van der Waals surface area contributed by atoms with Gasteiger partial charge in [-0.25, -0.2) is 0 Å². The standard InChI is InChI=1S/C10H19ClO2/c1-2-3-8-13-9-6-4-5-7-10(11)12/h2-9H2,1H3. The van der Waals surface area contributed by atoms with Gasteiger partial charge in [-0.1, -0.05) is 19.8 Å². The summed E-state index contributed by atoms with van der Waals surface area (Å²) in [5.41, 5.74) is 0. The molecule has 0 aromatic carbocycles. The molecular weight excluding hydrogens is 188 g/mol. The van der Waals surface area contributed by atoms with E-state index in [-0.39, 0.29) is 5.24 Å². The lowest BCUT2D eigenvalue weighted by molar-refractivity contribution is -0.111. The number of hydrogen-bond donors (Lipinski definition) is 0. The third kappa shape index (κ3) is 11.9. The number of hydrogen-bond acceptors (Lipinski definition) is 2. The molecule has 0 aromatic heterocycles. The van der Waals surface area contributed by atoms with Gasteiger partial charge < -0.3 is 4.74 Å². The molecule has 0 aliphatic rings. The highest BCUT2D eigenvalue weighted by molar-refractivity contribution is 6.63. The van der Waals surface area contributed by atoms with E-state index in [1.54, 1.807) is 0 Å². The Labute approximate surface area is 85.6 Å². The fraction of sp³-hybridized carbons (Fsp3) is 0.900. The van der Waals surface area contributed by atoms with Crippen molar-refractivity contribution in [3.8, 4) is 0 Å². The molecule has 0 saturated carbocycles. The van der Waals surface area contributed by atoms with E-state index in [2.05, 4.69) is 6.92 Å². The van der Waals surface area contributed by atoms with Gasteiger partial charge in [0.15, 0.2) is 0 Å². The first-order valence-electron chi connectivity index (χ1n) is 5.03. The molecule has 0 heterocycles. The first kappa shape index (κ1) is 12.9. The molecular formula is C10H19ClO2. The molecule has 0 aromatic rings. The van der Waals surface area contributed by atoms with Crippen LogP contribution in [0.4, 0.5) is 0 Å². The van der Waals surface area contributed by atoms with Crippen LogP contribution in [0.3, 0.4) is 0 Å². The number of rotatable bonds is 9. The number of carbonyl (C=O) groups excluding carboxylic acids is 1. The Morgan fingerprint density at radius 2 is 1.85 bits per heavy atom. The van der Waals surface area contributed by atoms with Crippen LogP contribution in [0.5, 0.6) is 0 Å². The molecule has 13 heavy (non-hydrogen) atoms. The largest absolute Gasteiger partial charge is 0.381 e. The predicted octanol–water partition coefficient (Wildman–Crippen LogP) is 3.13. The first-order chi connectivity index (χ1) is 6.27. The van der Waals surface area contributed by atoms with E-state index < -0.39 is 0 Å². The molecule has 0 aliphatic heterocycles. The van der Waals surface area contributed by atoms with Gasteiger partial charge in [0.25, 0.3) is 0 Å². The molecule has 0 spiro atoms. The second kappa shape index (κ2) is 10.0. The Bertz CT molecular complexity index is 126. The second-order valence-electron chi connectivity index (χ2n) is 3.13. The van der Waals surface area contributed by atoms with E-state index in [4.69, 9.17) is 16.3 Å². The van der Waals surface area contributed by atoms with Crippen molar-refractivity contribution in [3.63, 3.8) is 0 Å². The summed E-state index contributed by atoms with van der Waals surface area (Å²) in [4.78, 5) is 10.4. The first-order valence-corrected chi connectivity index (χ1v) is 5.41. The molecule has 2 nitrogen and oxygen atoms in total. The minimum atomic E-state index is -0.230. The van der Waals surface area contributed by atoms with E-state index in [1.807, 2.05) is 0 Å². The van der Waals surface area contributed by atoms with E-state index in [9.17, 15) is 4.79 Å². The number of halogens is 1. The van der Waals surface area contributed by atoms with Crippen LogP contribution in [-0.4, -0.2) is 18.5 Å². The lowest BCUT2D eigenvalue weighted by Gasteiger charge is -2.01. The summed E-state index contributed by atoms with van der Waals surface area (Å²) in [6.45, 7) is 3.83. The van der Waals surface area contributed by atoms with E-state index >= 15 is 0 Å². The summed E-state index contributed by atoms with van der Waals surface area (Å²) in [5, 5.41) is -0.230.